The number of carboxylic acid groups (broad SMARTS) is 2. The fourth-order valence-electron chi connectivity index (χ4n) is 3.85. The highest BCUT2D eigenvalue weighted by atomic mass is 16.4. The van der Waals surface area contributed by atoms with E-state index in [1.807, 2.05) is 36.4 Å². The lowest BCUT2D eigenvalue weighted by Crippen LogP contribution is -2.49. The lowest BCUT2D eigenvalue weighted by molar-refractivity contribution is -0.139. The molecule has 220 valence electrons. The van der Waals surface area contributed by atoms with Gasteiger partial charge in [-0.25, -0.2) is 0 Å². The maximum atomic E-state index is 12.8. The molecule has 2 rings (SSSR count). The zero-order valence-electron chi connectivity index (χ0n) is 22.6. The summed E-state index contributed by atoms with van der Waals surface area (Å²) in [6, 6.07) is 16.3. The van der Waals surface area contributed by atoms with Gasteiger partial charge in [0.05, 0.1) is 12.8 Å². The van der Waals surface area contributed by atoms with Gasteiger partial charge in [-0.3, -0.25) is 28.8 Å². The predicted molar refractivity (Wildman–Crippen MR) is 149 cm³/mol. The Morgan fingerprint density at radius 3 is 1.27 bits per heavy atom. The number of nitrogens with one attached hydrogen (secondary N) is 4. The molecular formula is C29H36N4O8. The van der Waals surface area contributed by atoms with Crippen LogP contribution in [0.4, 0.5) is 0 Å². The highest BCUT2D eigenvalue weighted by Gasteiger charge is 2.23. The molecule has 0 unspecified atom stereocenters. The minimum atomic E-state index is -1.11. The van der Waals surface area contributed by atoms with Crippen molar-refractivity contribution in [3.8, 4) is 0 Å². The van der Waals surface area contributed by atoms with Crippen LogP contribution in [0.5, 0.6) is 0 Å². The van der Waals surface area contributed by atoms with Crippen LogP contribution in [0.15, 0.2) is 60.7 Å². The minimum Gasteiger partial charge on any atom is -0.481 e. The summed E-state index contributed by atoms with van der Waals surface area (Å²) < 4.78 is 0. The number of hydrogen-bond acceptors (Lipinski definition) is 6. The van der Waals surface area contributed by atoms with Crippen LogP contribution in [0.25, 0.3) is 0 Å². The molecule has 0 fully saturated rings. The van der Waals surface area contributed by atoms with Crippen LogP contribution in [0, 0.1) is 0 Å². The summed E-state index contributed by atoms with van der Waals surface area (Å²) >= 11 is 0. The lowest BCUT2D eigenvalue weighted by Gasteiger charge is -2.20. The van der Waals surface area contributed by atoms with Gasteiger partial charge in [-0.15, -0.1) is 0 Å². The molecule has 0 spiro atoms. The zero-order valence-corrected chi connectivity index (χ0v) is 22.6. The summed E-state index contributed by atoms with van der Waals surface area (Å²) in [5.41, 5.74) is 1.63. The molecule has 0 saturated heterocycles. The first kappa shape index (κ1) is 32.5. The number of carbonyl (C=O) groups is 6. The van der Waals surface area contributed by atoms with E-state index in [1.165, 1.54) is 0 Å². The molecule has 0 aliphatic carbocycles. The summed E-state index contributed by atoms with van der Waals surface area (Å²) in [5.74, 6) is -4.22. The number of amides is 4. The van der Waals surface area contributed by atoms with Crippen LogP contribution < -0.4 is 21.3 Å². The minimum absolute atomic E-state index is 0.184. The van der Waals surface area contributed by atoms with E-state index in [0.717, 1.165) is 11.1 Å². The maximum absolute atomic E-state index is 12.8. The van der Waals surface area contributed by atoms with Gasteiger partial charge >= 0.3 is 11.9 Å². The molecule has 0 aliphatic heterocycles. The van der Waals surface area contributed by atoms with Crippen molar-refractivity contribution >= 4 is 35.6 Å². The molecule has 12 nitrogen and oxygen atoms in total. The van der Waals surface area contributed by atoms with Crippen LogP contribution in [-0.4, -0.2) is 71.0 Å². The van der Waals surface area contributed by atoms with Crippen LogP contribution in [0.3, 0.4) is 0 Å². The molecule has 41 heavy (non-hydrogen) atoms. The highest BCUT2D eigenvalue weighted by Crippen LogP contribution is 2.06. The molecule has 6 N–H and O–H groups in total. The van der Waals surface area contributed by atoms with E-state index in [1.54, 1.807) is 24.3 Å². The normalized spacial score (nSPS) is 11.9. The average Bonchev–Trinajstić information content (AvgIpc) is 2.95. The zero-order chi connectivity index (χ0) is 30.0. The Bertz CT molecular complexity index is 1080. The fraction of sp³-hybridized carbons (Fsp3) is 0.379. The van der Waals surface area contributed by atoms with Crippen molar-refractivity contribution in [3.05, 3.63) is 71.8 Å². The van der Waals surface area contributed by atoms with Crippen molar-refractivity contribution < 1.29 is 39.0 Å². The summed E-state index contributed by atoms with van der Waals surface area (Å²) in [5, 5.41) is 28.3. The molecular weight excluding hydrogens is 532 g/mol. The quantitative estimate of drug-likeness (QED) is 0.142. The van der Waals surface area contributed by atoms with Crippen molar-refractivity contribution in [1.82, 2.24) is 21.3 Å². The first-order valence-electron chi connectivity index (χ1n) is 13.3. The van der Waals surface area contributed by atoms with E-state index in [0.29, 0.717) is 6.42 Å². The molecule has 0 aromatic heterocycles. The maximum Gasteiger partial charge on any atom is 0.303 e. The summed E-state index contributed by atoms with van der Waals surface area (Å²) in [6.07, 6.45) is -0.426. The average molecular weight is 569 g/mol. The smallest absolute Gasteiger partial charge is 0.303 e. The molecule has 0 bridgehead atoms. The Balaban J connectivity index is 1.88. The SMILES string of the molecule is O=C(O)CCC(=O)N[C@@H](Cc1ccccc1)C(=O)NCCCNC(=O)[C@H](Cc1ccccc1)NC(=O)CCC(=O)O. The number of carbonyl (C=O) groups excluding carboxylic acids is 4. The summed E-state index contributed by atoms with van der Waals surface area (Å²) in [4.78, 5) is 71.6. The topological polar surface area (TPSA) is 191 Å². The second-order valence-corrected chi connectivity index (χ2v) is 9.34. The Morgan fingerprint density at radius 2 is 0.927 bits per heavy atom. The Morgan fingerprint density at radius 1 is 0.561 bits per heavy atom. The van der Waals surface area contributed by atoms with Crippen molar-refractivity contribution in [1.29, 1.82) is 0 Å². The Labute approximate surface area is 237 Å². The fourth-order valence-corrected chi connectivity index (χ4v) is 3.85. The van der Waals surface area contributed by atoms with Gasteiger partial charge in [0, 0.05) is 38.8 Å². The monoisotopic (exact) mass is 568 g/mol. The second-order valence-electron chi connectivity index (χ2n) is 9.34. The van der Waals surface area contributed by atoms with Crippen molar-refractivity contribution in [2.24, 2.45) is 0 Å². The second kappa shape index (κ2) is 17.8. The van der Waals surface area contributed by atoms with Gasteiger partial charge in [-0.2, -0.15) is 0 Å². The summed E-state index contributed by atoms with van der Waals surface area (Å²) in [6.45, 7) is 0.368. The molecule has 2 atom stereocenters. The highest BCUT2D eigenvalue weighted by molar-refractivity contribution is 5.89. The molecule has 2 aromatic rings. The van der Waals surface area contributed by atoms with Crippen molar-refractivity contribution in [2.75, 3.05) is 13.1 Å². The molecule has 12 heteroatoms. The summed E-state index contributed by atoms with van der Waals surface area (Å²) in [7, 11) is 0. The van der Waals surface area contributed by atoms with E-state index in [-0.39, 0.29) is 51.6 Å². The lowest BCUT2D eigenvalue weighted by atomic mass is 10.0. The van der Waals surface area contributed by atoms with E-state index in [2.05, 4.69) is 21.3 Å². The Hall–Kier alpha value is -4.74. The standard InChI is InChI=1S/C29H36N4O8/c34-24(12-14-26(36)37)32-22(18-20-8-3-1-4-9-20)28(40)30-16-7-17-31-29(41)23(19-21-10-5-2-6-11-21)33-25(35)13-15-27(38)39/h1-6,8-11,22-23H,7,12-19H2,(H,30,40)(H,31,41)(H,32,34)(H,33,35)(H,36,37)(H,38,39)/t22-,23-/m0/s1. The third kappa shape index (κ3) is 13.8. The number of benzene rings is 2. The number of hydrogen-bond donors (Lipinski definition) is 6. The molecule has 0 aliphatic rings. The van der Waals surface area contributed by atoms with Crippen molar-refractivity contribution in [2.45, 2.75) is 57.0 Å². The van der Waals surface area contributed by atoms with Crippen LogP contribution in [0.2, 0.25) is 0 Å². The number of aliphatic carboxylic acids is 2. The predicted octanol–water partition coefficient (Wildman–Crippen LogP) is 0.794. The molecule has 0 radical (unpaired) electrons. The number of carboxylic acids is 2. The van der Waals surface area contributed by atoms with E-state index < -0.39 is 47.7 Å². The van der Waals surface area contributed by atoms with Crippen LogP contribution in [0.1, 0.15) is 43.2 Å². The Kier molecular flexibility index (Phi) is 14.1. The molecule has 2 aromatic carbocycles. The van der Waals surface area contributed by atoms with E-state index in [4.69, 9.17) is 10.2 Å². The number of rotatable bonds is 18. The van der Waals surface area contributed by atoms with Crippen LogP contribution >= 0.6 is 0 Å². The largest absolute Gasteiger partial charge is 0.481 e. The third-order valence-corrected chi connectivity index (χ3v) is 5.95. The van der Waals surface area contributed by atoms with Crippen molar-refractivity contribution in [3.63, 3.8) is 0 Å². The van der Waals surface area contributed by atoms with Crippen LogP contribution in [-0.2, 0) is 41.6 Å². The van der Waals surface area contributed by atoms with Gasteiger partial charge in [0.25, 0.3) is 0 Å². The van der Waals surface area contributed by atoms with E-state index in [9.17, 15) is 28.8 Å². The molecule has 0 saturated carbocycles. The van der Waals surface area contributed by atoms with Gasteiger partial charge < -0.3 is 31.5 Å². The first-order chi connectivity index (χ1) is 19.6. The third-order valence-electron chi connectivity index (χ3n) is 5.95. The molecule has 0 heterocycles. The first-order valence-corrected chi connectivity index (χ1v) is 13.3. The van der Waals surface area contributed by atoms with Gasteiger partial charge in [0.1, 0.15) is 12.1 Å². The van der Waals surface area contributed by atoms with Gasteiger partial charge in [-0.1, -0.05) is 60.7 Å². The van der Waals surface area contributed by atoms with Gasteiger partial charge in [-0.05, 0) is 17.5 Å². The molecule has 4 amide bonds. The van der Waals surface area contributed by atoms with Gasteiger partial charge in [0.15, 0.2) is 0 Å². The van der Waals surface area contributed by atoms with E-state index >= 15 is 0 Å². The van der Waals surface area contributed by atoms with Gasteiger partial charge in [0.2, 0.25) is 23.6 Å².